The lowest BCUT2D eigenvalue weighted by atomic mass is 10.2. The number of rotatable bonds is 5. The zero-order valence-corrected chi connectivity index (χ0v) is 13.0. The molecule has 0 N–H and O–H groups in total. The van der Waals surface area contributed by atoms with Gasteiger partial charge in [-0.25, -0.2) is 9.59 Å². The van der Waals surface area contributed by atoms with Crippen molar-refractivity contribution >= 4 is 29.2 Å². The number of ether oxygens (including phenoxy) is 2. The second-order valence-electron chi connectivity index (χ2n) is 4.15. The minimum absolute atomic E-state index is 0.279. The van der Waals surface area contributed by atoms with Crippen LogP contribution in [0.25, 0.3) is 5.52 Å². The summed E-state index contributed by atoms with van der Waals surface area (Å²) in [6.07, 6.45) is 3.56. The number of thioether (sulfide) groups is 1. The van der Waals surface area contributed by atoms with Crippen LogP contribution in [-0.4, -0.2) is 35.8 Å². The van der Waals surface area contributed by atoms with Crippen molar-refractivity contribution < 1.29 is 19.1 Å². The fourth-order valence-corrected chi connectivity index (χ4v) is 2.94. The Morgan fingerprint density at radius 2 is 1.81 bits per heavy atom. The quantitative estimate of drug-likeness (QED) is 0.628. The summed E-state index contributed by atoms with van der Waals surface area (Å²) in [6.45, 7) is 4.06. The van der Waals surface area contributed by atoms with Gasteiger partial charge >= 0.3 is 11.9 Å². The first kappa shape index (κ1) is 15.4. The van der Waals surface area contributed by atoms with Gasteiger partial charge in [-0.2, -0.15) is 0 Å². The smallest absolute Gasteiger partial charge is 0.356 e. The third-order valence-corrected chi connectivity index (χ3v) is 3.76. The van der Waals surface area contributed by atoms with E-state index in [1.54, 1.807) is 36.6 Å². The molecule has 0 fully saturated rings. The molecule has 2 rings (SSSR count). The maximum Gasteiger partial charge on any atom is 0.356 e. The molecule has 0 bridgehead atoms. The van der Waals surface area contributed by atoms with E-state index in [1.807, 2.05) is 12.3 Å². The topological polar surface area (TPSA) is 57.0 Å². The minimum atomic E-state index is -0.446. The molecule has 2 aromatic rings. The zero-order valence-electron chi connectivity index (χ0n) is 12.2. The highest BCUT2D eigenvalue weighted by atomic mass is 32.2. The van der Waals surface area contributed by atoms with Crippen LogP contribution in [0.15, 0.2) is 29.3 Å². The Morgan fingerprint density at radius 3 is 2.43 bits per heavy atom. The van der Waals surface area contributed by atoms with Gasteiger partial charge in [-0.15, -0.1) is 11.8 Å². The second kappa shape index (κ2) is 6.67. The summed E-state index contributed by atoms with van der Waals surface area (Å²) in [5, 5.41) is 0. The molecule has 0 aliphatic heterocycles. The van der Waals surface area contributed by atoms with Gasteiger partial charge in [-0.05, 0) is 32.2 Å². The molecule has 0 radical (unpaired) electrons. The van der Waals surface area contributed by atoms with Crippen molar-refractivity contribution in [1.82, 2.24) is 4.40 Å². The van der Waals surface area contributed by atoms with Crippen LogP contribution < -0.4 is 0 Å². The molecule has 0 unspecified atom stereocenters. The fraction of sp³-hybridized carbons (Fsp3) is 0.333. The third kappa shape index (κ3) is 2.76. The summed E-state index contributed by atoms with van der Waals surface area (Å²) in [4.78, 5) is 25.0. The van der Waals surface area contributed by atoms with Crippen molar-refractivity contribution in [3.63, 3.8) is 0 Å². The lowest BCUT2D eigenvalue weighted by molar-refractivity contribution is 0.0514. The summed E-state index contributed by atoms with van der Waals surface area (Å²) >= 11 is 1.33. The molecule has 0 saturated heterocycles. The molecule has 0 amide bonds. The first-order valence-corrected chi connectivity index (χ1v) is 7.89. The highest BCUT2D eigenvalue weighted by Crippen LogP contribution is 2.32. The van der Waals surface area contributed by atoms with Crippen molar-refractivity contribution in [1.29, 1.82) is 0 Å². The van der Waals surface area contributed by atoms with Crippen LogP contribution in [0.1, 0.15) is 34.7 Å². The van der Waals surface area contributed by atoms with Gasteiger partial charge in [0.1, 0.15) is 5.69 Å². The number of esters is 2. The molecule has 2 aromatic heterocycles. The van der Waals surface area contributed by atoms with Gasteiger partial charge in [0.05, 0.1) is 29.2 Å². The molecule has 0 atom stereocenters. The molecule has 6 heteroatoms. The number of aromatic nitrogens is 1. The first-order valence-electron chi connectivity index (χ1n) is 6.66. The Hall–Kier alpha value is -1.95. The molecule has 5 nitrogen and oxygen atoms in total. The number of hydrogen-bond acceptors (Lipinski definition) is 5. The van der Waals surface area contributed by atoms with Crippen LogP contribution in [0, 0.1) is 0 Å². The molecule has 2 heterocycles. The number of nitrogens with zero attached hydrogens (tertiary/aromatic N) is 1. The van der Waals surface area contributed by atoms with Gasteiger partial charge in [0.2, 0.25) is 0 Å². The Kier molecular flexibility index (Phi) is 4.90. The van der Waals surface area contributed by atoms with E-state index in [2.05, 4.69) is 0 Å². The van der Waals surface area contributed by atoms with E-state index < -0.39 is 11.9 Å². The van der Waals surface area contributed by atoms with E-state index in [0.29, 0.717) is 21.7 Å². The zero-order chi connectivity index (χ0) is 15.4. The number of carbonyl (C=O) groups is 2. The highest BCUT2D eigenvalue weighted by Gasteiger charge is 2.28. The Balaban J connectivity index is 2.73. The Bertz CT molecular complexity index is 623. The number of fused-ring (bicyclic) bond motifs is 1. The Labute approximate surface area is 127 Å². The normalized spacial score (nSPS) is 10.6. The van der Waals surface area contributed by atoms with Gasteiger partial charge < -0.3 is 13.9 Å². The van der Waals surface area contributed by atoms with Gasteiger partial charge in [-0.1, -0.05) is 6.07 Å². The summed E-state index contributed by atoms with van der Waals surface area (Å²) in [5.74, 6) is -0.875. The maximum atomic E-state index is 12.2. The standard InChI is InChI=1S/C15H17NO4S/c1-4-19-14(17)11-10-8-6-7-9-16(10)12(13(11)21-3)15(18)20-5-2/h6-9H,4-5H2,1-3H3. The molecule has 0 aliphatic carbocycles. The van der Waals surface area contributed by atoms with Crippen LogP contribution in [0.4, 0.5) is 0 Å². The van der Waals surface area contributed by atoms with Crippen molar-refractivity contribution in [3.8, 4) is 0 Å². The molecule has 21 heavy (non-hydrogen) atoms. The lowest BCUT2D eigenvalue weighted by Crippen LogP contribution is -2.09. The van der Waals surface area contributed by atoms with Crippen LogP contribution >= 0.6 is 11.8 Å². The molecule has 0 spiro atoms. The van der Waals surface area contributed by atoms with E-state index in [4.69, 9.17) is 9.47 Å². The van der Waals surface area contributed by atoms with E-state index in [9.17, 15) is 9.59 Å². The van der Waals surface area contributed by atoms with Crippen LogP contribution in [0.3, 0.4) is 0 Å². The molecular formula is C15H17NO4S. The summed E-state index contributed by atoms with van der Waals surface area (Å²) in [7, 11) is 0. The van der Waals surface area contributed by atoms with Crippen LogP contribution in [0.2, 0.25) is 0 Å². The highest BCUT2D eigenvalue weighted by molar-refractivity contribution is 7.98. The predicted octanol–water partition coefficient (Wildman–Crippen LogP) is 3.01. The molecular weight excluding hydrogens is 290 g/mol. The maximum absolute atomic E-state index is 12.2. The average Bonchev–Trinajstić information content (AvgIpc) is 2.82. The van der Waals surface area contributed by atoms with Gasteiger partial charge in [0, 0.05) is 6.20 Å². The van der Waals surface area contributed by atoms with Crippen molar-refractivity contribution in [2.75, 3.05) is 19.5 Å². The fourth-order valence-electron chi connectivity index (χ4n) is 2.18. The van der Waals surface area contributed by atoms with E-state index in [1.165, 1.54) is 11.8 Å². The van der Waals surface area contributed by atoms with Gasteiger partial charge in [0.25, 0.3) is 0 Å². The minimum Gasteiger partial charge on any atom is -0.462 e. The molecule has 0 saturated carbocycles. The molecule has 112 valence electrons. The van der Waals surface area contributed by atoms with Gasteiger partial charge in [0.15, 0.2) is 0 Å². The molecule has 0 aliphatic rings. The first-order chi connectivity index (χ1) is 10.2. The van der Waals surface area contributed by atoms with Gasteiger partial charge in [-0.3, -0.25) is 0 Å². The monoisotopic (exact) mass is 307 g/mol. The summed E-state index contributed by atoms with van der Waals surface area (Å²) in [6, 6.07) is 5.40. The SMILES string of the molecule is CCOC(=O)c1c(SC)c(C(=O)OCC)n2ccccc12. The second-order valence-corrected chi connectivity index (χ2v) is 4.97. The average molecular weight is 307 g/mol. The van der Waals surface area contributed by atoms with Crippen molar-refractivity contribution in [2.24, 2.45) is 0 Å². The number of pyridine rings is 1. The number of hydrogen-bond donors (Lipinski definition) is 0. The lowest BCUT2D eigenvalue weighted by Gasteiger charge is -2.04. The van der Waals surface area contributed by atoms with Crippen LogP contribution in [-0.2, 0) is 9.47 Å². The number of carbonyl (C=O) groups excluding carboxylic acids is 2. The predicted molar refractivity (Wildman–Crippen MR) is 81.1 cm³/mol. The van der Waals surface area contributed by atoms with Crippen molar-refractivity contribution in [2.45, 2.75) is 18.7 Å². The van der Waals surface area contributed by atoms with Crippen molar-refractivity contribution in [3.05, 3.63) is 35.7 Å². The van der Waals surface area contributed by atoms with E-state index in [-0.39, 0.29) is 13.2 Å². The van der Waals surface area contributed by atoms with E-state index in [0.717, 1.165) is 0 Å². The summed E-state index contributed by atoms with van der Waals surface area (Å²) < 4.78 is 11.9. The summed E-state index contributed by atoms with van der Waals surface area (Å²) in [5.41, 5.74) is 1.42. The van der Waals surface area contributed by atoms with Crippen LogP contribution in [0.5, 0.6) is 0 Å². The van der Waals surface area contributed by atoms with E-state index >= 15 is 0 Å². The Morgan fingerprint density at radius 1 is 1.14 bits per heavy atom. The largest absolute Gasteiger partial charge is 0.462 e. The third-order valence-electron chi connectivity index (χ3n) is 2.95. The molecule has 0 aromatic carbocycles.